The fourth-order valence-corrected chi connectivity index (χ4v) is 3.48. The maximum atomic E-state index is 12.4. The van der Waals surface area contributed by atoms with Gasteiger partial charge in [-0.15, -0.1) is 0 Å². The standard InChI is InChI=1S/C12H19ClN2O2S/c1-4-9(2)15(3)18(16,17)12-7-10(8-14)5-6-11(12)13/h5-7,9H,4,8,14H2,1-3H3. The van der Waals surface area contributed by atoms with Crippen LogP contribution < -0.4 is 5.73 Å². The van der Waals surface area contributed by atoms with Crippen molar-refractivity contribution in [2.45, 2.75) is 37.8 Å². The Kier molecular flexibility index (Phi) is 5.16. The van der Waals surface area contributed by atoms with Gasteiger partial charge in [0.1, 0.15) is 4.90 Å². The van der Waals surface area contributed by atoms with Crippen molar-refractivity contribution in [3.05, 3.63) is 28.8 Å². The van der Waals surface area contributed by atoms with Crippen LogP contribution in [0.5, 0.6) is 0 Å². The highest BCUT2D eigenvalue weighted by molar-refractivity contribution is 7.89. The van der Waals surface area contributed by atoms with Crippen molar-refractivity contribution < 1.29 is 8.42 Å². The van der Waals surface area contributed by atoms with E-state index in [0.717, 1.165) is 12.0 Å². The summed E-state index contributed by atoms with van der Waals surface area (Å²) >= 11 is 5.98. The van der Waals surface area contributed by atoms with Gasteiger partial charge in [0.15, 0.2) is 0 Å². The summed E-state index contributed by atoms with van der Waals surface area (Å²) in [5.41, 5.74) is 6.27. The summed E-state index contributed by atoms with van der Waals surface area (Å²) in [6, 6.07) is 4.76. The summed E-state index contributed by atoms with van der Waals surface area (Å²) in [7, 11) is -2.00. The molecule has 1 atom stereocenters. The number of rotatable bonds is 5. The average Bonchev–Trinajstić information content (AvgIpc) is 2.37. The maximum absolute atomic E-state index is 12.4. The van der Waals surface area contributed by atoms with Crippen molar-refractivity contribution in [3.8, 4) is 0 Å². The van der Waals surface area contributed by atoms with Crippen molar-refractivity contribution in [2.24, 2.45) is 5.73 Å². The Labute approximate surface area is 114 Å². The summed E-state index contributed by atoms with van der Waals surface area (Å²) in [6.07, 6.45) is 0.740. The third kappa shape index (κ3) is 3.03. The zero-order valence-electron chi connectivity index (χ0n) is 10.9. The zero-order chi connectivity index (χ0) is 13.9. The second-order valence-electron chi connectivity index (χ2n) is 4.25. The van der Waals surface area contributed by atoms with Crippen molar-refractivity contribution in [2.75, 3.05) is 7.05 Å². The minimum atomic E-state index is -3.57. The molecule has 4 nitrogen and oxygen atoms in total. The topological polar surface area (TPSA) is 63.4 Å². The smallest absolute Gasteiger partial charge is 0.244 e. The number of halogens is 1. The van der Waals surface area contributed by atoms with Gasteiger partial charge < -0.3 is 5.73 Å². The van der Waals surface area contributed by atoms with E-state index in [9.17, 15) is 8.42 Å². The number of sulfonamides is 1. The van der Waals surface area contributed by atoms with Gasteiger partial charge >= 0.3 is 0 Å². The molecule has 1 aromatic carbocycles. The van der Waals surface area contributed by atoms with Crippen LogP contribution in [0.15, 0.2) is 23.1 Å². The fraction of sp³-hybridized carbons (Fsp3) is 0.500. The first kappa shape index (κ1) is 15.4. The van der Waals surface area contributed by atoms with E-state index in [1.807, 2.05) is 13.8 Å². The molecule has 0 fully saturated rings. The minimum Gasteiger partial charge on any atom is -0.326 e. The molecule has 1 aromatic rings. The lowest BCUT2D eigenvalue weighted by Crippen LogP contribution is -2.34. The average molecular weight is 291 g/mol. The third-order valence-corrected chi connectivity index (χ3v) is 5.55. The van der Waals surface area contributed by atoms with E-state index in [-0.39, 0.29) is 22.5 Å². The van der Waals surface area contributed by atoms with Gasteiger partial charge in [-0.25, -0.2) is 8.42 Å². The van der Waals surface area contributed by atoms with E-state index in [4.69, 9.17) is 17.3 Å². The number of nitrogens with two attached hydrogens (primary N) is 1. The molecule has 0 heterocycles. The van der Waals surface area contributed by atoms with Crippen molar-refractivity contribution >= 4 is 21.6 Å². The Balaban J connectivity index is 3.27. The fourth-order valence-electron chi connectivity index (χ4n) is 1.52. The Hall–Kier alpha value is -0.620. The Bertz CT molecular complexity index is 517. The molecule has 6 heteroatoms. The largest absolute Gasteiger partial charge is 0.326 e. The van der Waals surface area contributed by atoms with Gasteiger partial charge in [0.05, 0.1) is 5.02 Å². The van der Waals surface area contributed by atoms with Gasteiger partial charge in [-0.1, -0.05) is 24.6 Å². The van der Waals surface area contributed by atoms with E-state index >= 15 is 0 Å². The van der Waals surface area contributed by atoms with Gasteiger partial charge in [-0.05, 0) is 31.0 Å². The summed E-state index contributed by atoms with van der Waals surface area (Å²) in [4.78, 5) is 0.120. The number of benzene rings is 1. The molecule has 0 aromatic heterocycles. The minimum absolute atomic E-state index is 0.0763. The second-order valence-corrected chi connectivity index (χ2v) is 6.62. The molecule has 0 spiro atoms. The lowest BCUT2D eigenvalue weighted by Gasteiger charge is -2.23. The quantitative estimate of drug-likeness (QED) is 0.904. The van der Waals surface area contributed by atoms with E-state index < -0.39 is 10.0 Å². The lowest BCUT2D eigenvalue weighted by atomic mass is 10.2. The molecule has 0 radical (unpaired) electrons. The van der Waals surface area contributed by atoms with Gasteiger partial charge in [-0.3, -0.25) is 0 Å². The molecule has 0 amide bonds. The summed E-state index contributed by atoms with van der Waals surface area (Å²) in [5, 5.41) is 0.224. The van der Waals surface area contributed by atoms with E-state index in [2.05, 4.69) is 0 Å². The van der Waals surface area contributed by atoms with Crippen LogP contribution in [-0.2, 0) is 16.6 Å². The molecule has 0 aliphatic heterocycles. The first-order valence-corrected chi connectivity index (χ1v) is 7.62. The molecule has 0 aliphatic rings. The predicted octanol–water partition coefficient (Wildman–Crippen LogP) is 2.22. The lowest BCUT2D eigenvalue weighted by molar-refractivity contribution is 0.380. The first-order valence-electron chi connectivity index (χ1n) is 5.81. The molecule has 1 unspecified atom stereocenters. The normalized spacial score (nSPS) is 13.9. The van der Waals surface area contributed by atoms with Crippen molar-refractivity contribution in [1.29, 1.82) is 0 Å². The predicted molar refractivity (Wildman–Crippen MR) is 74.0 cm³/mol. The number of hydrogen-bond acceptors (Lipinski definition) is 3. The van der Waals surface area contributed by atoms with Gasteiger partial charge in [0.2, 0.25) is 10.0 Å². The van der Waals surface area contributed by atoms with Crippen LogP contribution in [0.3, 0.4) is 0 Å². The second kappa shape index (κ2) is 6.02. The molecule has 1 rings (SSSR count). The van der Waals surface area contributed by atoms with Gasteiger partial charge in [-0.2, -0.15) is 4.31 Å². The summed E-state index contributed by atoms with van der Waals surface area (Å²) < 4.78 is 26.2. The van der Waals surface area contributed by atoms with Gasteiger partial charge in [0, 0.05) is 19.6 Å². The summed E-state index contributed by atoms with van der Waals surface area (Å²) in [5.74, 6) is 0. The molecular formula is C12H19ClN2O2S. The maximum Gasteiger partial charge on any atom is 0.244 e. The van der Waals surface area contributed by atoms with Crippen LogP contribution >= 0.6 is 11.6 Å². The highest BCUT2D eigenvalue weighted by atomic mass is 35.5. The third-order valence-electron chi connectivity index (χ3n) is 3.10. The molecule has 0 saturated heterocycles. The van der Waals surface area contributed by atoms with Crippen LogP contribution in [0.1, 0.15) is 25.8 Å². The number of nitrogens with zero attached hydrogens (tertiary/aromatic N) is 1. The molecule has 2 N–H and O–H groups in total. The molecular weight excluding hydrogens is 272 g/mol. The number of hydrogen-bond donors (Lipinski definition) is 1. The molecule has 102 valence electrons. The molecule has 0 bridgehead atoms. The van der Waals surface area contributed by atoms with E-state index in [0.29, 0.717) is 0 Å². The molecule has 0 aliphatic carbocycles. The zero-order valence-corrected chi connectivity index (χ0v) is 12.4. The van der Waals surface area contributed by atoms with E-state index in [1.165, 1.54) is 10.4 Å². The van der Waals surface area contributed by atoms with Crippen LogP contribution in [0.25, 0.3) is 0 Å². The Morgan fingerprint density at radius 3 is 2.56 bits per heavy atom. The van der Waals surface area contributed by atoms with Gasteiger partial charge in [0.25, 0.3) is 0 Å². The van der Waals surface area contributed by atoms with Crippen LogP contribution in [0.2, 0.25) is 5.02 Å². The van der Waals surface area contributed by atoms with Crippen LogP contribution in [-0.4, -0.2) is 25.8 Å². The van der Waals surface area contributed by atoms with Crippen LogP contribution in [0, 0.1) is 0 Å². The monoisotopic (exact) mass is 290 g/mol. The Morgan fingerprint density at radius 2 is 2.06 bits per heavy atom. The van der Waals surface area contributed by atoms with E-state index in [1.54, 1.807) is 19.2 Å². The van der Waals surface area contributed by atoms with Crippen molar-refractivity contribution in [3.63, 3.8) is 0 Å². The SMILES string of the molecule is CCC(C)N(C)S(=O)(=O)c1cc(CN)ccc1Cl. The van der Waals surface area contributed by atoms with Crippen molar-refractivity contribution in [1.82, 2.24) is 4.31 Å². The molecule has 18 heavy (non-hydrogen) atoms. The first-order chi connectivity index (χ1) is 8.34. The van der Waals surface area contributed by atoms with Crippen LogP contribution in [0.4, 0.5) is 0 Å². The Morgan fingerprint density at radius 1 is 1.44 bits per heavy atom. The highest BCUT2D eigenvalue weighted by Crippen LogP contribution is 2.26. The highest BCUT2D eigenvalue weighted by Gasteiger charge is 2.26. The summed E-state index contributed by atoms with van der Waals surface area (Å²) in [6.45, 7) is 4.08. The molecule has 0 saturated carbocycles.